The standard InChI is InChI=1S/C18H15ClN4O/c19-16-6-2-1-4-13(16)11-21-15-7-8-17(22-12-15)23-18(24)14-5-3-9-20-10-14/h1-10,12,21H,11H2,(H,22,23,24). The first-order chi connectivity index (χ1) is 11.7. The number of aromatic nitrogens is 2. The lowest BCUT2D eigenvalue weighted by molar-refractivity contribution is 0.102. The number of nitrogens with zero attached hydrogens (tertiary/aromatic N) is 2. The fourth-order valence-electron chi connectivity index (χ4n) is 2.10. The third-order valence-corrected chi connectivity index (χ3v) is 3.74. The number of amides is 1. The summed E-state index contributed by atoms with van der Waals surface area (Å²) < 4.78 is 0. The van der Waals surface area contributed by atoms with E-state index in [0.717, 1.165) is 16.3 Å². The third-order valence-electron chi connectivity index (χ3n) is 3.37. The van der Waals surface area contributed by atoms with Gasteiger partial charge in [0.15, 0.2) is 0 Å². The van der Waals surface area contributed by atoms with E-state index in [4.69, 9.17) is 11.6 Å². The molecule has 3 aromatic rings. The van der Waals surface area contributed by atoms with Crippen molar-refractivity contribution >= 4 is 29.0 Å². The molecule has 2 aromatic heterocycles. The maximum absolute atomic E-state index is 12.0. The van der Waals surface area contributed by atoms with E-state index >= 15 is 0 Å². The Balaban J connectivity index is 1.59. The monoisotopic (exact) mass is 338 g/mol. The minimum absolute atomic E-state index is 0.243. The Labute approximate surface area is 144 Å². The van der Waals surface area contributed by atoms with Crippen molar-refractivity contribution in [2.45, 2.75) is 6.54 Å². The molecule has 0 saturated carbocycles. The molecule has 2 heterocycles. The number of carbonyl (C=O) groups is 1. The molecule has 1 aromatic carbocycles. The first-order valence-corrected chi connectivity index (χ1v) is 7.75. The molecule has 0 aliphatic heterocycles. The van der Waals surface area contributed by atoms with Gasteiger partial charge in [0.1, 0.15) is 5.82 Å². The van der Waals surface area contributed by atoms with Gasteiger partial charge in [0, 0.05) is 24.0 Å². The van der Waals surface area contributed by atoms with Gasteiger partial charge in [-0.05, 0) is 35.9 Å². The fourth-order valence-corrected chi connectivity index (χ4v) is 2.30. The van der Waals surface area contributed by atoms with Gasteiger partial charge in [0.2, 0.25) is 0 Å². The number of benzene rings is 1. The summed E-state index contributed by atoms with van der Waals surface area (Å²) >= 11 is 6.12. The summed E-state index contributed by atoms with van der Waals surface area (Å²) in [5.41, 5.74) is 2.34. The van der Waals surface area contributed by atoms with Crippen molar-refractivity contribution in [2.24, 2.45) is 0 Å². The highest BCUT2D eigenvalue weighted by Gasteiger charge is 2.06. The Kier molecular flexibility index (Phi) is 5.03. The number of nitrogens with one attached hydrogen (secondary N) is 2. The second-order valence-electron chi connectivity index (χ2n) is 5.07. The summed E-state index contributed by atoms with van der Waals surface area (Å²) in [6.07, 6.45) is 4.79. The summed E-state index contributed by atoms with van der Waals surface area (Å²) in [4.78, 5) is 20.2. The van der Waals surface area contributed by atoms with Gasteiger partial charge in [-0.3, -0.25) is 9.78 Å². The fraction of sp³-hybridized carbons (Fsp3) is 0.0556. The molecule has 0 saturated heterocycles. The number of rotatable bonds is 5. The van der Waals surface area contributed by atoms with Crippen molar-refractivity contribution < 1.29 is 4.79 Å². The van der Waals surface area contributed by atoms with Crippen molar-refractivity contribution in [3.05, 3.63) is 83.3 Å². The quantitative estimate of drug-likeness (QED) is 0.738. The SMILES string of the molecule is O=C(Nc1ccc(NCc2ccccc2Cl)cn1)c1cccnc1. The molecule has 24 heavy (non-hydrogen) atoms. The van der Waals surface area contributed by atoms with E-state index in [1.807, 2.05) is 30.3 Å². The molecule has 1 amide bonds. The number of carbonyl (C=O) groups excluding carboxylic acids is 1. The highest BCUT2D eigenvalue weighted by Crippen LogP contribution is 2.17. The molecule has 0 radical (unpaired) electrons. The molecular formula is C18H15ClN4O. The minimum atomic E-state index is -0.243. The van der Waals surface area contributed by atoms with Gasteiger partial charge in [-0.1, -0.05) is 29.8 Å². The predicted octanol–water partition coefficient (Wildman–Crippen LogP) is 3.99. The molecule has 0 fully saturated rings. The van der Waals surface area contributed by atoms with Gasteiger partial charge in [0.05, 0.1) is 17.4 Å². The Morgan fingerprint density at radius 3 is 2.62 bits per heavy atom. The van der Waals surface area contributed by atoms with Crippen LogP contribution in [-0.2, 0) is 6.54 Å². The van der Waals surface area contributed by atoms with Gasteiger partial charge >= 0.3 is 0 Å². The van der Waals surface area contributed by atoms with Crippen LogP contribution in [0.25, 0.3) is 0 Å². The van der Waals surface area contributed by atoms with E-state index in [-0.39, 0.29) is 5.91 Å². The molecule has 5 nitrogen and oxygen atoms in total. The lowest BCUT2D eigenvalue weighted by Crippen LogP contribution is -2.13. The molecule has 6 heteroatoms. The van der Waals surface area contributed by atoms with Crippen LogP contribution in [0.1, 0.15) is 15.9 Å². The molecular weight excluding hydrogens is 324 g/mol. The van der Waals surface area contributed by atoms with Gasteiger partial charge < -0.3 is 10.6 Å². The van der Waals surface area contributed by atoms with Gasteiger partial charge in [-0.2, -0.15) is 0 Å². The molecule has 2 N–H and O–H groups in total. The molecule has 3 rings (SSSR count). The van der Waals surface area contributed by atoms with Crippen LogP contribution in [0.4, 0.5) is 11.5 Å². The lowest BCUT2D eigenvalue weighted by atomic mass is 10.2. The molecule has 0 aliphatic carbocycles. The Morgan fingerprint density at radius 2 is 1.92 bits per heavy atom. The van der Waals surface area contributed by atoms with Gasteiger partial charge in [0.25, 0.3) is 5.91 Å². The van der Waals surface area contributed by atoms with Crippen LogP contribution in [0.2, 0.25) is 5.02 Å². The summed E-state index contributed by atoms with van der Waals surface area (Å²) in [6, 6.07) is 14.7. The summed E-state index contributed by atoms with van der Waals surface area (Å²) in [7, 11) is 0. The predicted molar refractivity (Wildman–Crippen MR) is 95.2 cm³/mol. The lowest BCUT2D eigenvalue weighted by Gasteiger charge is -2.09. The van der Waals surface area contributed by atoms with Crippen LogP contribution in [0.3, 0.4) is 0 Å². The van der Waals surface area contributed by atoms with Gasteiger partial charge in [-0.25, -0.2) is 4.98 Å². The summed E-state index contributed by atoms with van der Waals surface area (Å²) in [6.45, 7) is 0.600. The van der Waals surface area contributed by atoms with Crippen LogP contribution in [0, 0.1) is 0 Å². The Morgan fingerprint density at radius 1 is 1.04 bits per heavy atom. The van der Waals surface area contributed by atoms with Crippen molar-refractivity contribution in [2.75, 3.05) is 10.6 Å². The molecule has 0 unspecified atom stereocenters. The summed E-state index contributed by atoms with van der Waals surface area (Å²) in [5.74, 6) is 0.236. The smallest absolute Gasteiger partial charge is 0.258 e. The highest BCUT2D eigenvalue weighted by molar-refractivity contribution is 6.31. The van der Waals surface area contributed by atoms with E-state index < -0.39 is 0 Å². The maximum Gasteiger partial charge on any atom is 0.258 e. The number of anilines is 2. The largest absolute Gasteiger partial charge is 0.380 e. The highest BCUT2D eigenvalue weighted by atomic mass is 35.5. The average molecular weight is 339 g/mol. The first kappa shape index (κ1) is 16.0. The maximum atomic E-state index is 12.0. The van der Waals surface area contributed by atoms with E-state index in [2.05, 4.69) is 20.6 Å². The minimum Gasteiger partial charge on any atom is -0.380 e. The van der Waals surface area contributed by atoms with E-state index in [1.165, 1.54) is 6.20 Å². The number of hydrogen-bond donors (Lipinski definition) is 2. The van der Waals surface area contributed by atoms with Crippen molar-refractivity contribution in [1.29, 1.82) is 0 Å². The van der Waals surface area contributed by atoms with E-state index in [0.29, 0.717) is 17.9 Å². The molecule has 0 spiro atoms. The van der Waals surface area contributed by atoms with Crippen LogP contribution < -0.4 is 10.6 Å². The molecule has 120 valence electrons. The number of hydrogen-bond acceptors (Lipinski definition) is 4. The van der Waals surface area contributed by atoms with E-state index in [9.17, 15) is 4.79 Å². The van der Waals surface area contributed by atoms with Crippen LogP contribution >= 0.6 is 11.6 Å². The Bertz CT molecular complexity index is 822. The van der Waals surface area contributed by atoms with Crippen molar-refractivity contribution in [3.63, 3.8) is 0 Å². The van der Waals surface area contributed by atoms with Crippen LogP contribution in [0.5, 0.6) is 0 Å². The second-order valence-corrected chi connectivity index (χ2v) is 5.48. The number of halogens is 1. The first-order valence-electron chi connectivity index (χ1n) is 7.37. The van der Waals surface area contributed by atoms with Gasteiger partial charge in [-0.15, -0.1) is 0 Å². The zero-order valence-corrected chi connectivity index (χ0v) is 13.5. The van der Waals surface area contributed by atoms with Crippen molar-refractivity contribution in [3.8, 4) is 0 Å². The zero-order valence-electron chi connectivity index (χ0n) is 12.7. The Hall–Kier alpha value is -2.92. The summed E-state index contributed by atoms with van der Waals surface area (Å²) in [5, 5.41) is 6.69. The van der Waals surface area contributed by atoms with E-state index in [1.54, 1.807) is 30.6 Å². The normalized spacial score (nSPS) is 10.2. The van der Waals surface area contributed by atoms with Crippen LogP contribution in [-0.4, -0.2) is 15.9 Å². The average Bonchev–Trinajstić information content (AvgIpc) is 2.63. The molecule has 0 bridgehead atoms. The second kappa shape index (κ2) is 7.57. The van der Waals surface area contributed by atoms with Crippen molar-refractivity contribution in [1.82, 2.24) is 9.97 Å². The topological polar surface area (TPSA) is 66.9 Å². The molecule has 0 atom stereocenters. The molecule has 0 aliphatic rings. The van der Waals surface area contributed by atoms with Crippen LogP contribution in [0.15, 0.2) is 67.1 Å². The number of pyridine rings is 2. The zero-order chi connectivity index (χ0) is 16.8. The third kappa shape index (κ3) is 4.08.